The first kappa shape index (κ1) is 24.4. The van der Waals surface area contributed by atoms with E-state index in [1.54, 1.807) is 30.5 Å². The summed E-state index contributed by atoms with van der Waals surface area (Å²) in [6, 6.07) is 8.01. The molecule has 0 aliphatic carbocycles. The van der Waals surface area contributed by atoms with Crippen molar-refractivity contribution >= 4 is 24.2 Å². The highest BCUT2D eigenvalue weighted by molar-refractivity contribution is 5.90. The SMILES string of the molecule is Cl.NC[C@H]1CN(c2ccc(-c3ccc(-c4nnn(CC[NH3+])n4)nc3)c(F)c2)C(=O)O1.[Cl-]. The van der Waals surface area contributed by atoms with Crippen LogP contribution in [0.15, 0.2) is 36.5 Å². The van der Waals surface area contributed by atoms with E-state index in [1.165, 1.54) is 15.8 Å². The average molecular weight is 471 g/mol. The summed E-state index contributed by atoms with van der Waals surface area (Å²) < 4.78 is 19.8. The number of carbonyl (C=O) groups is 1. The van der Waals surface area contributed by atoms with Gasteiger partial charge in [-0.2, -0.15) is 4.80 Å². The van der Waals surface area contributed by atoms with Crippen LogP contribution in [0.4, 0.5) is 14.9 Å². The second-order valence-electron chi connectivity index (χ2n) is 6.51. The van der Waals surface area contributed by atoms with E-state index in [2.05, 4.69) is 26.1 Å². The number of pyridine rings is 1. The Labute approximate surface area is 189 Å². The van der Waals surface area contributed by atoms with Gasteiger partial charge in [0, 0.05) is 23.9 Å². The molecule has 3 aromatic rings. The van der Waals surface area contributed by atoms with Gasteiger partial charge in [0.2, 0.25) is 5.82 Å². The number of nitrogens with two attached hydrogens (primary N) is 1. The Morgan fingerprint density at radius 3 is 2.71 bits per heavy atom. The van der Waals surface area contributed by atoms with Gasteiger partial charge in [0.1, 0.15) is 24.2 Å². The highest BCUT2D eigenvalue weighted by atomic mass is 35.5. The van der Waals surface area contributed by atoms with Crippen molar-refractivity contribution in [3.05, 3.63) is 42.3 Å². The van der Waals surface area contributed by atoms with Gasteiger partial charge in [-0.25, -0.2) is 9.18 Å². The number of cyclic esters (lactones) is 1. The van der Waals surface area contributed by atoms with Crippen molar-refractivity contribution in [3.8, 4) is 22.6 Å². The number of hydrogen-bond acceptors (Lipinski definition) is 7. The third-order valence-corrected chi connectivity index (χ3v) is 4.52. The van der Waals surface area contributed by atoms with E-state index in [4.69, 9.17) is 10.5 Å². The fourth-order valence-electron chi connectivity index (χ4n) is 3.03. The molecule has 13 heteroatoms. The van der Waals surface area contributed by atoms with Crippen molar-refractivity contribution in [1.82, 2.24) is 25.2 Å². The van der Waals surface area contributed by atoms with Crippen molar-refractivity contribution in [3.63, 3.8) is 0 Å². The monoisotopic (exact) mass is 470 g/mol. The van der Waals surface area contributed by atoms with Gasteiger partial charge in [-0.05, 0) is 29.5 Å². The van der Waals surface area contributed by atoms with Gasteiger partial charge in [-0.1, -0.05) is 6.07 Å². The lowest BCUT2D eigenvalue weighted by molar-refractivity contribution is -0.370. The summed E-state index contributed by atoms with van der Waals surface area (Å²) in [5.41, 5.74) is 11.2. The van der Waals surface area contributed by atoms with Crippen LogP contribution >= 0.6 is 12.4 Å². The molecule has 31 heavy (non-hydrogen) atoms. The van der Waals surface area contributed by atoms with Crippen LogP contribution in [0, 0.1) is 5.82 Å². The van der Waals surface area contributed by atoms with E-state index in [1.807, 2.05) is 0 Å². The van der Waals surface area contributed by atoms with Crippen LogP contribution in [0.5, 0.6) is 0 Å². The highest BCUT2D eigenvalue weighted by Gasteiger charge is 2.31. The largest absolute Gasteiger partial charge is 1.00 e. The summed E-state index contributed by atoms with van der Waals surface area (Å²) in [5.74, 6) is -0.0802. The molecular formula is C18H21Cl2FN8O2. The Hall–Kier alpha value is -2.86. The fraction of sp³-hybridized carbons (Fsp3) is 0.278. The zero-order chi connectivity index (χ0) is 20.4. The maximum Gasteiger partial charge on any atom is 0.414 e. The topological polar surface area (TPSA) is 140 Å². The van der Waals surface area contributed by atoms with E-state index in [0.717, 1.165) is 0 Å². The molecule has 1 fully saturated rings. The number of tetrazole rings is 1. The van der Waals surface area contributed by atoms with Crippen LogP contribution < -0.4 is 28.8 Å². The van der Waals surface area contributed by atoms with Crippen LogP contribution in [0.1, 0.15) is 0 Å². The Morgan fingerprint density at radius 2 is 2.10 bits per heavy atom. The number of benzene rings is 1. The minimum Gasteiger partial charge on any atom is -1.00 e. The van der Waals surface area contributed by atoms with Crippen molar-refractivity contribution < 1.29 is 32.1 Å². The van der Waals surface area contributed by atoms with Gasteiger partial charge in [-0.15, -0.1) is 22.6 Å². The van der Waals surface area contributed by atoms with Crippen LogP contribution in [-0.4, -0.2) is 57.0 Å². The minimum atomic E-state index is -0.530. The molecule has 5 N–H and O–H groups in total. The minimum absolute atomic E-state index is 0. The molecule has 3 heterocycles. The van der Waals surface area contributed by atoms with Gasteiger partial charge < -0.3 is 28.6 Å². The van der Waals surface area contributed by atoms with Crippen molar-refractivity contribution in [1.29, 1.82) is 0 Å². The normalized spacial score (nSPS) is 15.3. The van der Waals surface area contributed by atoms with Gasteiger partial charge in [0.05, 0.1) is 18.8 Å². The maximum absolute atomic E-state index is 14.7. The summed E-state index contributed by atoms with van der Waals surface area (Å²) in [6.07, 6.45) is 0.629. The van der Waals surface area contributed by atoms with Crippen molar-refractivity contribution in [2.24, 2.45) is 5.73 Å². The van der Waals surface area contributed by atoms with Crippen molar-refractivity contribution in [2.45, 2.75) is 12.6 Å². The fourth-order valence-corrected chi connectivity index (χ4v) is 3.03. The molecule has 2 aromatic heterocycles. The van der Waals surface area contributed by atoms with Crippen LogP contribution in [0.2, 0.25) is 0 Å². The number of nitrogens with zero attached hydrogens (tertiary/aromatic N) is 6. The van der Waals surface area contributed by atoms with Gasteiger partial charge in [0.25, 0.3) is 0 Å². The number of ether oxygens (including phenoxy) is 1. The molecule has 4 rings (SSSR count). The van der Waals surface area contributed by atoms with Gasteiger partial charge >= 0.3 is 6.09 Å². The predicted octanol–water partition coefficient (Wildman–Crippen LogP) is -2.51. The number of rotatable bonds is 6. The molecule has 1 aromatic carbocycles. The van der Waals surface area contributed by atoms with Crippen molar-refractivity contribution in [2.75, 3.05) is 24.5 Å². The van der Waals surface area contributed by atoms with Gasteiger partial charge in [0.15, 0.2) is 0 Å². The summed E-state index contributed by atoms with van der Waals surface area (Å²) >= 11 is 0. The first-order valence-corrected chi connectivity index (χ1v) is 9.10. The highest BCUT2D eigenvalue weighted by Crippen LogP contribution is 2.29. The zero-order valence-electron chi connectivity index (χ0n) is 16.3. The Bertz CT molecular complexity index is 1030. The maximum atomic E-state index is 14.7. The third-order valence-electron chi connectivity index (χ3n) is 4.52. The first-order chi connectivity index (χ1) is 14.1. The number of quaternary nitrogens is 1. The number of aromatic nitrogens is 5. The lowest BCUT2D eigenvalue weighted by Crippen LogP contribution is -3.00. The van der Waals surface area contributed by atoms with Gasteiger partial charge in [-0.3, -0.25) is 9.88 Å². The van der Waals surface area contributed by atoms with E-state index in [-0.39, 0.29) is 37.5 Å². The third kappa shape index (κ3) is 5.07. The van der Waals surface area contributed by atoms with E-state index < -0.39 is 11.9 Å². The summed E-state index contributed by atoms with van der Waals surface area (Å²) in [4.78, 5) is 19.1. The Morgan fingerprint density at radius 1 is 1.29 bits per heavy atom. The smallest absolute Gasteiger partial charge is 0.414 e. The molecule has 10 nitrogen and oxygen atoms in total. The quantitative estimate of drug-likeness (QED) is 0.405. The van der Waals surface area contributed by atoms with E-state index in [0.29, 0.717) is 48.0 Å². The molecule has 0 unspecified atom stereocenters. The summed E-state index contributed by atoms with van der Waals surface area (Å²) in [5, 5.41) is 12.1. The molecule has 1 atom stereocenters. The Kier molecular flexibility index (Phi) is 8.22. The summed E-state index contributed by atoms with van der Waals surface area (Å²) in [7, 11) is 0. The van der Waals surface area contributed by atoms with Crippen LogP contribution in [0.25, 0.3) is 22.6 Å². The zero-order valence-corrected chi connectivity index (χ0v) is 17.9. The molecular weight excluding hydrogens is 450 g/mol. The van der Waals surface area contributed by atoms with E-state index >= 15 is 0 Å². The average Bonchev–Trinajstić information content (AvgIpc) is 3.35. The second kappa shape index (κ2) is 10.4. The number of halogens is 3. The Balaban J connectivity index is 0.00000171. The number of anilines is 1. The molecule has 0 radical (unpaired) electrons. The van der Waals surface area contributed by atoms with E-state index in [9.17, 15) is 9.18 Å². The summed E-state index contributed by atoms with van der Waals surface area (Å²) in [6.45, 7) is 1.74. The number of amides is 1. The second-order valence-corrected chi connectivity index (χ2v) is 6.51. The lowest BCUT2D eigenvalue weighted by atomic mass is 10.1. The molecule has 0 saturated carbocycles. The molecule has 1 aliphatic heterocycles. The number of hydrogen-bond donors (Lipinski definition) is 2. The molecule has 166 valence electrons. The molecule has 1 aliphatic rings. The van der Waals surface area contributed by atoms with Crippen LogP contribution in [0.3, 0.4) is 0 Å². The number of carbonyl (C=O) groups excluding carboxylic acids is 1. The molecule has 0 spiro atoms. The van der Waals surface area contributed by atoms with Crippen LogP contribution in [-0.2, 0) is 11.3 Å². The predicted molar refractivity (Wildman–Crippen MR) is 108 cm³/mol. The first-order valence-electron chi connectivity index (χ1n) is 9.10. The standard InChI is InChI=1S/C18H19FN8O2.2ClH/c19-15-7-12(26-10-13(8-21)29-18(26)28)2-3-14(15)11-1-4-16(22-9-11)17-23-25-27(24-17)6-5-20;;/h1-4,7,9,13H,5-6,8,10,20-21H2;2*1H/t13-;;/m0../s1. The molecule has 1 amide bonds. The molecule has 0 bridgehead atoms. The lowest BCUT2D eigenvalue weighted by Gasteiger charge is -2.14. The molecule has 1 saturated heterocycles.